The molecule has 5 nitrogen and oxygen atoms in total. The van der Waals surface area contributed by atoms with Gasteiger partial charge < -0.3 is 16.0 Å². The van der Waals surface area contributed by atoms with Crippen molar-refractivity contribution in [3.05, 3.63) is 29.3 Å². The van der Waals surface area contributed by atoms with Gasteiger partial charge in [0, 0.05) is 29.6 Å². The van der Waals surface area contributed by atoms with Gasteiger partial charge in [0.1, 0.15) is 0 Å². The van der Waals surface area contributed by atoms with Gasteiger partial charge in [0.15, 0.2) is 0 Å². The van der Waals surface area contributed by atoms with E-state index < -0.39 is 0 Å². The third-order valence-corrected chi connectivity index (χ3v) is 3.97. The fourth-order valence-electron chi connectivity index (χ4n) is 2.45. The monoisotopic (exact) mass is 323 g/mol. The van der Waals surface area contributed by atoms with Gasteiger partial charge in [-0.05, 0) is 56.6 Å². The van der Waals surface area contributed by atoms with Gasteiger partial charge in [0.05, 0.1) is 0 Å². The van der Waals surface area contributed by atoms with Crippen molar-refractivity contribution < 1.29 is 9.59 Å². The quantitative estimate of drug-likeness (QED) is 0.703. The van der Waals surface area contributed by atoms with Gasteiger partial charge in [-0.1, -0.05) is 11.6 Å². The average Bonchev–Trinajstić information content (AvgIpc) is 2.54. The Kier molecular flexibility index (Phi) is 6.68. The summed E-state index contributed by atoms with van der Waals surface area (Å²) >= 11 is 5.79. The molecular formula is C16H22ClN3O2. The minimum Gasteiger partial charge on any atom is -0.356 e. The van der Waals surface area contributed by atoms with Crippen molar-refractivity contribution in [2.45, 2.75) is 25.7 Å². The minimum atomic E-state index is -0.0570. The Morgan fingerprint density at radius 1 is 1.18 bits per heavy atom. The maximum Gasteiger partial charge on any atom is 0.224 e. The van der Waals surface area contributed by atoms with Crippen molar-refractivity contribution in [3.63, 3.8) is 0 Å². The van der Waals surface area contributed by atoms with E-state index in [1.54, 1.807) is 24.3 Å². The molecule has 1 aliphatic rings. The van der Waals surface area contributed by atoms with Crippen LogP contribution in [0.4, 0.5) is 5.69 Å². The predicted octanol–water partition coefficient (Wildman–Crippen LogP) is 2.17. The maximum atomic E-state index is 11.9. The Balaban J connectivity index is 1.60. The fourth-order valence-corrected chi connectivity index (χ4v) is 2.57. The zero-order valence-corrected chi connectivity index (χ0v) is 13.3. The number of piperidine rings is 1. The Morgan fingerprint density at radius 2 is 1.86 bits per heavy atom. The largest absolute Gasteiger partial charge is 0.356 e. The average molecular weight is 324 g/mol. The number of anilines is 1. The summed E-state index contributed by atoms with van der Waals surface area (Å²) in [6.45, 7) is 2.35. The number of nitrogens with one attached hydrogen (secondary N) is 3. The van der Waals surface area contributed by atoms with Crippen molar-refractivity contribution in [2.75, 3.05) is 25.0 Å². The highest BCUT2D eigenvalue weighted by atomic mass is 35.5. The third-order valence-electron chi connectivity index (χ3n) is 3.72. The van der Waals surface area contributed by atoms with E-state index in [4.69, 9.17) is 11.6 Å². The first-order valence-corrected chi connectivity index (χ1v) is 8.07. The SMILES string of the molecule is O=C(CCCNC(=O)C1CCNCC1)Nc1ccc(Cl)cc1. The molecule has 0 radical (unpaired) electrons. The molecule has 0 bridgehead atoms. The van der Waals surface area contributed by atoms with Gasteiger partial charge in [0.2, 0.25) is 11.8 Å². The van der Waals surface area contributed by atoms with Crippen LogP contribution in [0, 0.1) is 5.92 Å². The first kappa shape index (κ1) is 16.8. The molecule has 0 spiro atoms. The predicted molar refractivity (Wildman–Crippen MR) is 87.9 cm³/mol. The number of carbonyl (C=O) groups excluding carboxylic acids is 2. The van der Waals surface area contributed by atoms with Crippen molar-refractivity contribution >= 4 is 29.1 Å². The topological polar surface area (TPSA) is 70.2 Å². The zero-order chi connectivity index (χ0) is 15.8. The number of hydrogen-bond donors (Lipinski definition) is 3. The van der Waals surface area contributed by atoms with Crippen LogP contribution >= 0.6 is 11.6 Å². The van der Waals surface area contributed by atoms with Gasteiger partial charge in [-0.25, -0.2) is 0 Å². The Hall–Kier alpha value is -1.59. The zero-order valence-electron chi connectivity index (χ0n) is 12.5. The molecule has 120 valence electrons. The standard InChI is InChI=1S/C16H22ClN3O2/c17-13-3-5-14(6-4-13)20-15(21)2-1-9-19-16(22)12-7-10-18-11-8-12/h3-6,12,18H,1-2,7-11H2,(H,19,22)(H,20,21). The number of rotatable bonds is 6. The smallest absolute Gasteiger partial charge is 0.224 e. The van der Waals surface area contributed by atoms with E-state index in [1.165, 1.54) is 0 Å². The molecule has 1 aromatic rings. The number of carbonyl (C=O) groups is 2. The second-order valence-corrected chi connectivity index (χ2v) is 5.91. The molecule has 0 aliphatic carbocycles. The molecule has 6 heteroatoms. The van der Waals surface area contributed by atoms with E-state index in [2.05, 4.69) is 16.0 Å². The molecule has 1 aromatic carbocycles. The fraction of sp³-hybridized carbons (Fsp3) is 0.500. The molecule has 2 rings (SSSR count). The van der Waals surface area contributed by atoms with Gasteiger partial charge in [0.25, 0.3) is 0 Å². The second-order valence-electron chi connectivity index (χ2n) is 5.47. The summed E-state index contributed by atoms with van der Waals surface area (Å²) in [5.41, 5.74) is 0.730. The number of benzene rings is 1. The molecule has 2 amide bonds. The van der Waals surface area contributed by atoms with Crippen molar-refractivity contribution in [3.8, 4) is 0 Å². The van der Waals surface area contributed by atoms with Crippen LogP contribution in [0.1, 0.15) is 25.7 Å². The summed E-state index contributed by atoms with van der Waals surface area (Å²) in [5, 5.41) is 9.59. The highest BCUT2D eigenvalue weighted by molar-refractivity contribution is 6.30. The van der Waals surface area contributed by atoms with E-state index in [-0.39, 0.29) is 17.7 Å². The minimum absolute atomic E-state index is 0.0570. The van der Waals surface area contributed by atoms with Crippen LogP contribution in [0.5, 0.6) is 0 Å². The molecule has 1 fully saturated rings. The van der Waals surface area contributed by atoms with Crippen LogP contribution in [-0.2, 0) is 9.59 Å². The lowest BCUT2D eigenvalue weighted by molar-refractivity contribution is -0.126. The highest BCUT2D eigenvalue weighted by Crippen LogP contribution is 2.14. The third kappa shape index (κ3) is 5.66. The second kappa shape index (κ2) is 8.76. The molecule has 0 aromatic heterocycles. The lowest BCUT2D eigenvalue weighted by atomic mass is 9.97. The van der Waals surface area contributed by atoms with Crippen molar-refractivity contribution in [1.82, 2.24) is 10.6 Å². The number of halogens is 1. The summed E-state index contributed by atoms with van der Waals surface area (Å²) in [7, 11) is 0. The normalized spacial score (nSPS) is 15.3. The van der Waals surface area contributed by atoms with Crippen LogP contribution < -0.4 is 16.0 Å². The molecular weight excluding hydrogens is 302 g/mol. The van der Waals surface area contributed by atoms with Crippen molar-refractivity contribution in [1.29, 1.82) is 0 Å². The van der Waals surface area contributed by atoms with Crippen LogP contribution in [0.15, 0.2) is 24.3 Å². The van der Waals surface area contributed by atoms with Gasteiger partial charge >= 0.3 is 0 Å². The van der Waals surface area contributed by atoms with E-state index in [0.717, 1.165) is 31.6 Å². The first-order valence-electron chi connectivity index (χ1n) is 7.69. The molecule has 0 unspecified atom stereocenters. The number of amides is 2. The molecule has 0 atom stereocenters. The molecule has 1 aliphatic heterocycles. The first-order chi connectivity index (χ1) is 10.6. The van der Waals surface area contributed by atoms with Crippen LogP contribution in [0.3, 0.4) is 0 Å². The van der Waals surface area contributed by atoms with Gasteiger partial charge in [-0.2, -0.15) is 0 Å². The van der Waals surface area contributed by atoms with Crippen molar-refractivity contribution in [2.24, 2.45) is 5.92 Å². The lowest BCUT2D eigenvalue weighted by Crippen LogP contribution is -2.38. The lowest BCUT2D eigenvalue weighted by Gasteiger charge is -2.21. The van der Waals surface area contributed by atoms with Crippen LogP contribution in [0.25, 0.3) is 0 Å². The summed E-state index contributed by atoms with van der Waals surface area (Å²) < 4.78 is 0. The molecule has 1 saturated heterocycles. The Bertz CT molecular complexity index is 499. The van der Waals surface area contributed by atoms with E-state index >= 15 is 0 Å². The molecule has 22 heavy (non-hydrogen) atoms. The Labute approximate surface area is 135 Å². The van der Waals surface area contributed by atoms with Gasteiger partial charge in [-0.15, -0.1) is 0 Å². The van der Waals surface area contributed by atoms with E-state index in [1.807, 2.05) is 0 Å². The Morgan fingerprint density at radius 3 is 2.55 bits per heavy atom. The van der Waals surface area contributed by atoms with Gasteiger partial charge in [-0.3, -0.25) is 9.59 Å². The molecule has 1 heterocycles. The van der Waals surface area contributed by atoms with Crippen LogP contribution in [-0.4, -0.2) is 31.4 Å². The molecule has 0 saturated carbocycles. The molecule has 3 N–H and O–H groups in total. The summed E-state index contributed by atoms with van der Waals surface area (Å²) in [5.74, 6) is 0.169. The highest BCUT2D eigenvalue weighted by Gasteiger charge is 2.20. The summed E-state index contributed by atoms with van der Waals surface area (Å²) in [4.78, 5) is 23.7. The van der Waals surface area contributed by atoms with E-state index in [0.29, 0.717) is 24.4 Å². The summed E-state index contributed by atoms with van der Waals surface area (Å²) in [6, 6.07) is 6.99. The van der Waals surface area contributed by atoms with E-state index in [9.17, 15) is 9.59 Å². The number of hydrogen-bond acceptors (Lipinski definition) is 3. The summed E-state index contributed by atoms with van der Waals surface area (Å²) in [6.07, 6.45) is 2.80. The van der Waals surface area contributed by atoms with Crippen LogP contribution in [0.2, 0.25) is 5.02 Å². The maximum absolute atomic E-state index is 11.9.